The fraction of sp³-hybridized carbons (Fsp3) is 0.190. The SMILES string of the molecule is O=C1C[C@@H](c2cccc(F)c2)C(C(=O)Nc2cc3c(cc2Br)CCC(=O)N3)=CN1. The Labute approximate surface area is 174 Å². The molecule has 4 rings (SSSR count). The molecule has 2 aliphatic heterocycles. The number of hydrogen-bond acceptors (Lipinski definition) is 3. The lowest BCUT2D eigenvalue weighted by Gasteiger charge is -2.25. The second-order valence-corrected chi connectivity index (χ2v) is 7.82. The van der Waals surface area contributed by atoms with Gasteiger partial charge in [0, 0.05) is 40.7 Å². The van der Waals surface area contributed by atoms with Gasteiger partial charge in [0.1, 0.15) is 5.82 Å². The van der Waals surface area contributed by atoms with E-state index in [9.17, 15) is 18.8 Å². The molecule has 3 N–H and O–H groups in total. The molecule has 0 unspecified atom stereocenters. The van der Waals surface area contributed by atoms with E-state index in [2.05, 4.69) is 31.9 Å². The minimum atomic E-state index is -0.560. The molecule has 2 aromatic rings. The number of carbonyl (C=O) groups excluding carboxylic acids is 3. The maximum atomic E-state index is 13.7. The van der Waals surface area contributed by atoms with Crippen molar-refractivity contribution < 1.29 is 18.8 Å². The van der Waals surface area contributed by atoms with Crippen molar-refractivity contribution >= 4 is 45.0 Å². The Morgan fingerprint density at radius 3 is 2.76 bits per heavy atom. The molecule has 0 radical (unpaired) electrons. The van der Waals surface area contributed by atoms with Crippen LogP contribution in [0.2, 0.25) is 0 Å². The van der Waals surface area contributed by atoms with Crippen LogP contribution < -0.4 is 16.0 Å². The first-order valence-corrected chi connectivity index (χ1v) is 9.88. The number of rotatable bonds is 3. The van der Waals surface area contributed by atoms with Crippen LogP contribution in [0, 0.1) is 5.82 Å². The molecule has 8 heteroatoms. The standard InChI is InChI=1S/C21H17BrFN3O3/c22-16-7-12-4-5-19(27)25-17(12)9-18(16)26-21(29)15-10-24-20(28)8-14(15)11-2-1-3-13(23)6-11/h1-3,6-7,9-10,14H,4-5,8H2,(H,24,28)(H,25,27)(H,26,29)/t14-/m0/s1. The molecule has 3 amide bonds. The van der Waals surface area contributed by atoms with Crippen molar-refractivity contribution in [2.24, 2.45) is 0 Å². The molecule has 1 atom stereocenters. The fourth-order valence-corrected chi connectivity index (χ4v) is 4.04. The van der Waals surface area contributed by atoms with Crippen LogP contribution in [0.5, 0.6) is 0 Å². The molecule has 2 aromatic carbocycles. The van der Waals surface area contributed by atoms with Crippen molar-refractivity contribution in [3.8, 4) is 0 Å². The zero-order chi connectivity index (χ0) is 20.5. The number of nitrogens with one attached hydrogen (secondary N) is 3. The largest absolute Gasteiger partial charge is 0.332 e. The topological polar surface area (TPSA) is 87.3 Å². The van der Waals surface area contributed by atoms with E-state index in [1.165, 1.54) is 18.3 Å². The number of carbonyl (C=O) groups is 3. The van der Waals surface area contributed by atoms with Gasteiger partial charge in [0.2, 0.25) is 11.8 Å². The third-order valence-corrected chi connectivity index (χ3v) is 5.66. The van der Waals surface area contributed by atoms with Crippen LogP contribution in [-0.2, 0) is 20.8 Å². The van der Waals surface area contributed by atoms with Gasteiger partial charge in [-0.05, 0) is 57.7 Å². The Balaban J connectivity index is 1.62. The Kier molecular flexibility index (Phi) is 5.19. The van der Waals surface area contributed by atoms with Crippen LogP contribution >= 0.6 is 15.9 Å². The summed E-state index contributed by atoms with van der Waals surface area (Å²) in [5.41, 5.74) is 3.01. The molecule has 29 heavy (non-hydrogen) atoms. The van der Waals surface area contributed by atoms with Crippen LogP contribution in [0.15, 0.2) is 52.6 Å². The number of halogens is 2. The number of anilines is 2. The lowest BCUT2D eigenvalue weighted by molar-refractivity contribution is -0.121. The highest BCUT2D eigenvalue weighted by atomic mass is 79.9. The molecule has 0 saturated heterocycles. The Hall–Kier alpha value is -3.00. The van der Waals surface area contributed by atoms with E-state index in [4.69, 9.17) is 0 Å². The molecule has 0 fully saturated rings. The lowest BCUT2D eigenvalue weighted by atomic mass is 9.86. The van der Waals surface area contributed by atoms with Gasteiger partial charge in [-0.1, -0.05) is 12.1 Å². The Bertz CT molecular complexity index is 1070. The van der Waals surface area contributed by atoms with Crippen LogP contribution in [0.4, 0.5) is 15.8 Å². The maximum Gasteiger partial charge on any atom is 0.253 e. The molecular formula is C21H17BrFN3O3. The minimum absolute atomic E-state index is 0.0458. The number of amides is 3. The van der Waals surface area contributed by atoms with Crippen LogP contribution in [0.1, 0.15) is 29.9 Å². The minimum Gasteiger partial charge on any atom is -0.332 e. The Morgan fingerprint density at radius 1 is 1.14 bits per heavy atom. The number of fused-ring (bicyclic) bond motifs is 1. The first-order chi connectivity index (χ1) is 13.9. The molecule has 148 valence electrons. The van der Waals surface area contributed by atoms with E-state index in [1.54, 1.807) is 18.2 Å². The van der Waals surface area contributed by atoms with Crippen molar-refractivity contribution in [1.29, 1.82) is 0 Å². The first kappa shape index (κ1) is 19.3. The molecule has 2 heterocycles. The van der Waals surface area contributed by atoms with Crippen molar-refractivity contribution in [3.63, 3.8) is 0 Å². The predicted octanol–water partition coefficient (Wildman–Crippen LogP) is 3.60. The van der Waals surface area contributed by atoms with Crippen LogP contribution in [-0.4, -0.2) is 17.7 Å². The zero-order valence-corrected chi connectivity index (χ0v) is 16.8. The summed E-state index contributed by atoms with van der Waals surface area (Å²) >= 11 is 3.46. The summed E-state index contributed by atoms with van der Waals surface area (Å²) in [6.45, 7) is 0. The van der Waals surface area contributed by atoms with Gasteiger partial charge in [0.25, 0.3) is 5.91 Å². The molecule has 0 spiro atoms. The van der Waals surface area contributed by atoms with E-state index in [-0.39, 0.29) is 18.2 Å². The summed E-state index contributed by atoms with van der Waals surface area (Å²) in [5, 5.41) is 8.19. The monoisotopic (exact) mass is 457 g/mol. The molecule has 0 bridgehead atoms. The fourth-order valence-electron chi connectivity index (χ4n) is 3.55. The molecule has 2 aliphatic rings. The quantitative estimate of drug-likeness (QED) is 0.657. The van der Waals surface area contributed by atoms with E-state index in [0.717, 1.165) is 5.56 Å². The van der Waals surface area contributed by atoms with Gasteiger partial charge >= 0.3 is 0 Å². The Morgan fingerprint density at radius 2 is 1.97 bits per heavy atom. The second-order valence-electron chi connectivity index (χ2n) is 6.97. The lowest BCUT2D eigenvalue weighted by Crippen LogP contribution is -2.32. The molecule has 6 nitrogen and oxygen atoms in total. The molecule has 0 aliphatic carbocycles. The average Bonchev–Trinajstić information content (AvgIpc) is 2.68. The van der Waals surface area contributed by atoms with Crippen LogP contribution in [0.25, 0.3) is 0 Å². The second kappa shape index (κ2) is 7.79. The number of benzene rings is 2. The maximum absolute atomic E-state index is 13.7. The van der Waals surface area contributed by atoms with E-state index in [1.807, 2.05) is 6.07 Å². The van der Waals surface area contributed by atoms with E-state index in [0.29, 0.717) is 39.8 Å². The van der Waals surface area contributed by atoms with Crippen molar-refractivity contribution in [3.05, 3.63) is 69.6 Å². The summed E-state index contributed by atoms with van der Waals surface area (Å²) < 4.78 is 14.4. The van der Waals surface area contributed by atoms with Crippen molar-refractivity contribution in [2.75, 3.05) is 10.6 Å². The zero-order valence-electron chi connectivity index (χ0n) is 15.2. The first-order valence-electron chi connectivity index (χ1n) is 9.09. The van der Waals surface area contributed by atoms with Gasteiger partial charge in [0.15, 0.2) is 0 Å². The van der Waals surface area contributed by atoms with Crippen LogP contribution in [0.3, 0.4) is 0 Å². The van der Waals surface area contributed by atoms with E-state index >= 15 is 0 Å². The smallest absolute Gasteiger partial charge is 0.253 e. The van der Waals surface area contributed by atoms with Gasteiger partial charge < -0.3 is 16.0 Å². The average molecular weight is 458 g/mol. The van der Waals surface area contributed by atoms with Gasteiger partial charge in [-0.25, -0.2) is 4.39 Å². The molecule has 0 saturated carbocycles. The summed E-state index contributed by atoms with van der Waals surface area (Å²) in [7, 11) is 0. The van der Waals surface area contributed by atoms with Gasteiger partial charge in [-0.3, -0.25) is 14.4 Å². The van der Waals surface area contributed by atoms with Crippen molar-refractivity contribution in [2.45, 2.75) is 25.2 Å². The number of hydrogen-bond donors (Lipinski definition) is 3. The third kappa shape index (κ3) is 4.07. The van der Waals surface area contributed by atoms with Gasteiger partial charge in [-0.2, -0.15) is 0 Å². The van der Waals surface area contributed by atoms with Crippen molar-refractivity contribution in [1.82, 2.24) is 5.32 Å². The highest BCUT2D eigenvalue weighted by molar-refractivity contribution is 9.10. The molecular weight excluding hydrogens is 441 g/mol. The molecule has 0 aromatic heterocycles. The summed E-state index contributed by atoms with van der Waals surface area (Å²) in [4.78, 5) is 36.5. The van der Waals surface area contributed by atoms with E-state index < -0.39 is 17.6 Å². The summed E-state index contributed by atoms with van der Waals surface area (Å²) in [5.74, 6) is -1.71. The summed E-state index contributed by atoms with van der Waals surface area (Å²) in [6.07, 6.45) is 2.47. The highest BCUT2D eigenvalue weighted by Gasteiger charge is 2.29. The summed E-state index contributed by atoms with van der Waals surface area (Å²) in [6, 6.07) is 9.45. The number of aryl methyl sites for hydroxylation is 1. The predicted molar refractivity (Wildman–Crippen MR) is 110 cm³/mol. The third-order valence-electron chi connectivity index (χ3n) is 5.00. The highest BCUT2D eigenvalue weighted by Crippen LogP contribution is 2.35. The van der Waals surface area contributed by atoms with Gasteiger partial charge in [-0.15, -0.1) is 0 Å². The normalized spacial score (nSPS) is 18.3. The van der Waals surface area contributed by atoms with Gasteiger partial charge in [0.05, 0.1) is 5.69 Å².